The maximum Gasteiger partial charge on any atom is 0.244 e. The Morgan fingerprint density at radius 2 is 1.41 bits per heavy atom. The molecule has 0 spiro atoms. The number of carbonyl (C=O) groups is 2. The Balaban J connectivity index is 2.04. The average Bonchev–Trinajstić information content (AvgIpc) is 2.88. The summed E-state index contributed by atoms with van der Waals surface area (Å²) in [5.41, 5.74) is 1.50. The fourth-order valence-corrected chi connectivity index (χ4v) is 5.00. The van der Waals surface area contributed by atoms with E-state index in [9.17, 15) is 18.0 Å². The lowest BCUT2D eigenvalue weighted by molar-refractivity contribution is -0.140. The molecule has 3 rings (SSSR count). The lowest BCUT2D eigenvalue weighted by Gasteiger charge is -2.35. The minimum Gasteiger partial charge on any atom is -0.497 e. The molecule has 2 amide bonds. The van der Waals surface area contributed by atoms with Crippen molar-refractivity contribution in [3.8, 4) is 5.75 Å². The summed E-state index contributed by atoms with van der Waals surface area (Å²) < 4.78 is 31.9. The summed E-state index contributed by atoms with van der Waals surface area (Å²) in [6, 6.07) is 24.4. The molecule has 1 unspecified atom stereocenters. The molecular weight excluding hydrogens is 514 g/mol. The second kappa shape index (κ2) is 12.8. The van der Waals surface area contributed by atoms with Crippen LogP contribution in [0.25, 0.3) is 0 Å². The van der Waals surface area contributed by atoms with Crippen LogP contribution in [0.1, 0.15) is 31.9 Å². The fraction of sp³-hybridized carbons (Fsp3) is 0.333. The van der Waals surface area contributed by atoms with Gasteiger partial charge in [0.05, 0.1) is 19.1 Å². The van der Waals surface area contributed by atoms with E-state index in [0.717, 1.165) is 21.7 Å². The number of carbonyl (C=O) groups excluding carboxylic acids is 2. The van der Waals surface area contributed by atoms with Crippen molar-refractivity contribution in [1.29, 1.82) is 0 Å². The Kier molecular flexibility index (Phi) is 9.75. The fourth-order valence-electron chi connectivity index (χ4n) is 4.15. The molecule has 0 radical (unpaired) electrons. The minimum atomic E-state index is -3.83. The molecule has 1 N–H and O–H groups in total. The van der Waals surface area contributed by atoms with Gasteiger partial charge in [-0.2, -0.15) is 0 Å². The van der Waals surface area contributed by atoms with Crippen molar-refractivity contribution in [3.05, 3.63) is 96.1 Å². The molecule has 8 nitrogen and oxygen atoms in total. The number of nitrogens with one attached hydrogen (secondary N) is 1. The number of amides is 2. The standard InChI is InChI=1S/C30H37N3O5S/c1-30(2,3)31-29(35)27(20-23-12-8-6-9-13-23)32(21-24-14-10-7-11-15-24)28(34)22-33(39(5,36)37)25-16-18-26(38-4)19-17-25/h6-19,27H,20-22H2,1-5H3,(H,31,35). The molecule has 39 heavy (non-hydrogen) atoms. The molecule has 0 aliphatic carbocycles. The first-order chi connectivity index (χ1) is 18.4. The summed E-state index contributed by atoms with van der Waals surface area (Å²) in [7, 11) is -2.31. The van der Waals surface area contributed by atoms with Gasteiger partial charge in [0.2, 0.25) is 21.8 Å². The Bertz CT molecular complexity index is 1340. The zero-order valence-electron chi connectivity index (χ0n) is 23.1. The monoisotopic (exact) mass is 551 g/mol. The lowest BCUT2D eigenvalue weighted by Crippen LogP contribution is -2.56. The zero-order chi connectivity index (χ0) is 28.6. The van der Waals surface area contributed by atoms with Gasteiger partial charge in [-0.3, -0.25) is 13.9 Å². The summed E-state index contributed by atoms with van der Waals surface area (Å²) in [5.74, 6) is -0.248. The van der Waals surface area contributed by atoms with Gasteiger partial charge >= 0.3 is 0 Å². The third kappa shape index (κ3) is 8.85. The maximum atomic E-state index is 14.0. The van der Waals surface area contributed by atoms with Crippen molar-refractivity contribution in [1.82, 2.24) is 10.2 Å². The number of anilines is 1. The number of benzene rings is 3. The molecule has 1 atom stereocenters. The van der Waals surface area contributed by atoms with E-state index in [1.807, 2.05) is 81.4 Å². The van der Waals surface area contributed by atoms with Gasteiger partial charge in [0.1, 0.15) is 18.3 Å². The highest BCUT2D eigenvalue weighted by molar-refractivity contribution is 7.92. The van der Waals surface area contributed by atoms with Crippen molar-refractivity contribution < 1.29 is 22.7 Å². The van der Waals surface area contributed by atoms with Crippen LogP contribution < -0.4 is 14.4 Å². The molecule has 3 aromatic rings. The van der Waals surface area contributed by atoms with Crippen molar-refractivity contribution in [2.45, 2.75) is 45.3 Å². The molecule has 0 heterocycles. The Hall–Kier alpha value is -3.85. The van der Waals surface area contributed by atoms with Crippen LogP contribution in [0.2, 0.25) is 0 Å². The number of sulfonamides is 1. The number of nitrogens with zero attached hydrogens (tertiary/aromatic N) is 2. The largest absolute Gasteiger partial charge is 0.497 e. The molecule has 3 aromatic carbocycles. The second-order valence-electron chi connectivity index (χ2n) is 10.4. The van der Waals surface area contributed by atoms with Crippen molar-refractivity contribution in [2.75, 3.05) is 24.2 Å². The van der Waals surface area contributed by atoms with Crippen LogP contribution in [-0.2, 0) is 32.6 Å². The first-order valence-electron chi connectivity index (χ1n) is 12.7. The van der Waals surface area contributed by atoms with Crippen molar-refractivity contribution in [2.24, 2.45) is 0 Å². The molecule has 9 heteroatoms. The minimum absolute atomic E-state index is 0.134. The molecule has 0 aliphatic heterocycles. The number of hydrogen-bond acceptors (Lipinski definition) is 5. The van der Waals surface area contributed by atoms with E-state index in [4.69, 9.17) is 4.74 Å². The highest BCUT2D eigenvalue weighted by Crippen LogP contribution is 2.23. The second-order valence-corrected chi connectivity index (χ2v) is 12.3. The number of rotatable bonds is 11. The van der Waals surface area contributed by atoms with Crippen LogP contribution in [0.3, 0.4) is 0 Å². The van der Waals surface area contributed by atoms with E-state index in [0.29, 0.717) is 11.4 Å². The van der Waals surface area contributed by atoms with Gasteiger partial charge in [0, 0.05) is 18.5 Å². The average molecular weight is 552 g/mol. The van der Waals surface area contributed by atoms with E-state index < -0.39 is 34.1 Å². The molecule has 208 valence electrons. The van der Waals surface area contributed by atoms with E-state index in [-0.39, 0.29) is 18.9 Å². The molecule has 0 saturated heterocycles. The number of methoxy groups -OCH3 is 1. The van der Waals surface area contributed by atoms with Gasteiger partial charge in [-0.05, 0) is 56.2 Å². The predicted molar refractivity (Wildman–Crippen MR) is 154 cm³/mol. The zero-order valence-corrected chi connectivity index (χ0v) is 23.9. The Morgan fingerprint density at radius 3 is 1.90 bits per heavy atom. The third-order valence-electron chi connectivity index (χ3n) is 6.00. The van der Waals surface area contributed by atoms with Crippen LogP contribution >= 0.6 is 0 Å². The predicted octanol–water partition coefficient (Wildman–Crippen LogP) is 4.02. The quantitative estimate of drug-likeness (QED) is 0.389. The normalized spacial score (nSPS) is 12.3. The first kappa shape index (κ1) is 29.7. The Labute approximate surface area is 231 Å². The van der Waals surface area contributed by atoms with Crippen LogP contribution in [-0.4, -0.2) is 56.6 Å². The van der Waals surface area contributed by atoms with E-state index in [2.05, 4.69) is 5.32 Å². The lowest BCUT2D eigenvalue weighted by atomic mass is 10.0. The van der Waals surface area contributed by atoms with Gasteiger partial charge in [-0.25, -0.2) is 8.42 Å². The summed E-state index contributed by atoms with van der Waals surface area (Å²) in [6.45, 7) is 5.30. The van der Waals surface area contributed by atoms with Crippen LogP contribution in [0.5, 0.6) is 5.75 Å². The molecule has 0 aromatic heterocycles. The van der Waals surface area contributed by atoms with E-state index in [1.54, 1.807) is 24.3 Å². The third-order valence-corrected chi connectivity index (χ3v) is 7.15. The van der Waals surface area contributed by atoms with Crippen molar-refractivity contribution in [3.63, 3.8) is 0 Å². The molecular formula is C30H37N3O5S. The molecule has 0 bridgehead atoms. The van der Waals surface area contributed by atoms with Crippen LogP contribution in [0, 0.1) is 0 Å². The maximum absolute atomic E-state index is 14.0. The number of ether oxygens (including phenoxy) is 1. The van der Waals surface area contributed by atoms with Crippen LogP contribution in [0.4, 0.5) is 5.69 Å². The van der Waals surface area contributed by atoms with Crippen molar-refractivity contribution >= 4 is 27.5 Å². The van der Waals surface area contributed by atoms with Gasteiger partial charge in [0.15, 0.2) is 0 Å². The topological polar surface area (TPSA) is 96.0 Å². The first-order valence-corrected chi connectivity index (χ1v) is 14.5. The van der Waals surface area contributed by atoms with E-state index in [1.165, 1.54) is 12.0 Å². The molecule has 0 fully saturated rings. The highest BCUT2D eigenvalue weighted by atomic mass is 32.2. The highest BCUT2D eigenvalue weighted by Gasteiger charge is 2.34. The van der Waals surface area contributed by atoms with E-state index >= 15 is 0 Å². The summed E-state index contributed by atoms with van der Waals surface area (Å²) in [6.07, 6.45) is 1.32. The Morgan fingerprint density at radius 1 is 0.872 bits per heavy atom. The number of hydrogen-bond donors (Lipinski definition) is 1. The smallest absolute Gasteiger partial charge is 0.244 e. The van der Waals surface area contributed by atoms with Gasteiger partial charge < -0.3 is 15.0 Å². The molecule has 0 saturated carbocycles. The molecule has 0 aliphatic rings. The summed E-state index contributed by atoms with van der Waals surface area (Å²) >= 11 is 0. The van der Waals surface area contributed by atoms with Gasteiger partial charge in [-0.1, -0.05) is 60.7 Å². The van der Waals surface area contributed by atoms with Gasteiger partial charge in [0.25, 0.3) is 0 Å². The van der Waals surface area contributed by atoms with Gasteiger partial charge in [-0.15, -0.1) is 0 Å². The SMILES string of the molecule is COc1ccc(N(CC(=O)N(Cc2ccccc2)C(Cc2ccccc2)C(=O)NC(C)(C)C)S(C)(=O)=O)cc1. The summed E-state index contributed by atoms with van der Waals surface area (Å²) in [4.78, 5) is 29.2. The summed E-state index contributed by atoms with van der Waals surface area (Å²) in [5, 5.41) is 3.01. The van der Waals surface area contributed by atoms with Crippen LogP contribution in [0.15, 0.2) is 84.9 Å².